The van der Waals surface area contributed by atoms with Gasteiger partial charge in [0, 0.05) is 30.9 Å². The Morgan fingerprint density at radius 3 is 2.60 bits per heavy atom. The van der Waals surface area contributed by atoms with Crippen LogP contribution in [0.4, 0.5) is 0 Å². The normalized spacial score (nSPS) is 25.6. The van der Waals surface area contributed by atoms with Gasteiger partial charge in [-0.15, -0.1) is 12.4 Å². The zero-order valence-electron chi connectivity index (χ0n) is 9.58. The second kappa shape index (κ2) is 7.00. The third-order valence-corrected chi connectivity index (χ3v) is 4.10. The van der Waals surface area contributed by atoms with Crippen molar-refractivity contribution in [2.75, 3.05) is 31.1 Å². The van der Waals surface area contributed by atoms with Crippen LogP contribution < -0.4 is 5.32 Å². The van der Waals surface area contributed by atoms with Crippen molar-refractivity contribution in [3.63, 3.8) is 0 Å². The van der Waals surface area contributed by atoms with Crippen LogP contribution in [-0.4, -0.2) is 48.1 Å². The van der Waals surface area contributed by atoms with Crippen LogP contribution in [0.15, 0.2) is 0 Å². The molecule has 1 aliphatic heterocycles. The van der Waals surface area contributed by atoms with Gasteiger partial charge in [-0.3, -0.25) is 4.90 Å². The zero-order chi connectivity index (χ0) is 9.80. The lowest BCUT2D eigenvalue weighted by Crippen LogP contribution is -2.40. The summed E-state index contributed by atoms with van der Waals surface area (Å²) in [5.74, 6) is 2.59. The highest BCUT2D eigenvalue weighted by molar-refractivity contribution is 7.99. The molecule has 2 aliphatic rings. The van der Waals surface area contributed by atoms with Crippen LogP contribution in [0.25, 0.3) is 0 Å². The molecule has 2 rings (SSSR count). The van der Waals surface area contributed by atoms with Crippen LogP contribution in [-0.2, 0) is 0 Å². The van der Waals surface area contributed by atoms with E-state index in [1.54, 1.807) is 0 Å². The molecule has 1 atom stereocenters. The number of nitrogens with one attached hydrogen (secondary N) is 1. The summed E-state index contributed by atoms with van der Waals surface area (Å²) in [4.78, 5) is 2.77. The van der Waals surface area contributed by atoms with E-state index >= 15 is 0 Å². The molecule has 2 fully saturated rings. The molecule has 0 aromatic heterocycles. The Kier molecular flexibility index (Phi) is 6.36. The van der Waals surface area contributed by atoms with Gasteiger partial charge in [0.1, 0.15) is 0 Å². The van der Waals surface area contributed by atoms with Crippen LogP contribution in [0.2, 0.25) is 0 Å². The number of halogens is 1. The summed E-state index contributed by atoms with van der Waals surface area (Å²) in [6.07, 6.45) is 4.27. The quantitative estimate of drug-likeness (QED) is 0.726. The van der Waals surface area contributed by atoms with E-state index in [4.69, 9.17) is 0 Å². The topological polar surface area (TPSA) is 15.3 Å². The van der Waals surface area contributed by atoms with Crippen LogP contribution >= 0.6 is 24.2 Å². The van der Waals surface area contributed by atoms with Gasteiger partial charge in [0.25, 0.3) is 0 Å². The fraction of sp³-hybridized carbons (Fsp3) is 1.00. The molecule has 0 aromatic carbocycles. The van der Waals surface area contributed by atoms with Gasteiger partial charge in [-0.2, -0.15) is 11.8 Å². The van der Waals surface area contributed by atoms with Crippen molar-refractivity contribution >= 4 is 24.2 Å². The highest BCUT2D eigenvalue weighted by atomic mass is 35.5. The zero-order valence-corrected chi connectivity index (χ0v) is 11.2. The molecule has 1 aliphatic carbocycles. The summed E-state index contributed by atoms with van der Waals surface area (Å²) >= 11 is 2.08. The molecular weight excluding hydrogens is 228 g/mol. The summed E-state index contributed by atoms with van der Waals surface area (Å²) in [6, 6.07) is 1.79. The van der Waals surface area contributed by atoms with E-state index in [0.717, 1.165) is 12.1 Å². The third-order valence-electron chi connectivity index (χ3n) is 3.22. The van der Waals surface area contributed by atoms with E-state index in [1.807, 2.05) is 0 Å². The third kappa shape index (κ3) is 4.14. The molecule has 1 saturated carbocycles. The average Bonchev–Trinajstić information content (AvgIpc) is 2.88. The fourth-order valence-electron chi connectivity index (χ4n) is 2.31. The number of nitrogens with zero attached hydrogens (tertiary/aromatic N) is 1. The van der Waals surface area contributed by atoms with E-state index in [1.165, 1.54) is 50.4 Å². The molecule has 1 heterocycles. The first-order valence-electron chi connectivity index (χ1n) is 5.96. The number of rotatable bonds is 6. The molecule has 0 bridgehead atoms. The van der Waals surface area contributed by atoms with E-state index < -0.39 is 0 Å². The van der Waals surface area contributed by atoms with Gasteiger partial charge in [0.15, 0.2) is 0 Å². The molecule has 0 aromatic rings. The maximum absolute atomic E-state index is 3.48. The Bertz CT molecular complexity index is 170. The van der Waals surface area contributed by atoms with E-state index in [0.29, 0.717) is 0 Å². The number of hydrogen-bond acceptors (Lipinski definition) is 3. The minimum atomic E-state index is 0. The van der Waals surface area contributed by atoms with E-state index in [-0.39, 0.29) is 12.4 Å². The van der Waals surface area contributed by atoms with Crippen LogP contribution in [0.5, 0.6) is 0 Å². The first-order valence-corrected chi connectivity index (χ1v) is 7.11. The second-order valence-electron chi connectivity index (χ2n) is 4.31. The van der Waals surface area contributed by atoms with Crippen LogP contribution in [0.1, 0.15) is 26.2 Å². The molecule has 0 radical (unpaired) electrons. The van der Waals surface area contributed by atoms with Gasteiger partial charge in [-0.25, -0.2) is 0 Å². The molecule has 15 heavy (non-hydrogen) atoms. The van der Waals surface area contributed by atoms with Gasteiger partial charge < -0.3 is 5.32 Å². The molecule has 90 valence electrons. The van der Waals surface area contributed by atoms with E-state index in [2.05, 4.69) is 28.9 Å². The van der Waals surface area contributed by atoms with Crippen molar-refractivity contribution in [3.05, 3.63) is 0 Å². The smallest absolute Gasteiger partial charge is 0.0235 e. The lowest BCUT2D eigenvalue weighted by molar-refractivity contribution is 0.211. The highest BCUT2D eigenvalue weighted by Gasteiger charge is 2.34. The first-order chi connectivity index (χ1) is 6.92. The number of hydrogen-bond donors (Lipinski definition) is 1. The summed E-state index contributed by atoms with van der Waals surface area (Å²) in [5, 5.41) is 3.48. The molecule has 0 amide bonds. The Labute approximate surface area is 104 Å². The SMILES string of the molecule is CCSCCN(C1CC1)C1CCNC1.Cl. The standard InChI is InChI=1S/C11H22N2S.ClH/c1-2-14-8-7-13(10-3-4-10)11-5-6-12-9-11;/h10-12H,2-9H2,1H3;1H. The predicted octanol–water partition coefficient (Wildman–Crippen LogP) is 1.99. The van der Waals surface area contributed by atoms with Gasteiger partial charge >= 0.3 is 0 Å². The maximum Gasteiger partial charge on any atom is 0.0235 e. The largest absolute Gasteiger partial charge is 0.315 e. The molecule has 0 spiro atoms. The molecule has 1 N–H and O–H groups in total. The minimum Gasteiger partial charge on any atom is -0.315 e. The molecule has 1 saturated heterocycles. The monoisotopic (exact) mass is 250 g/mol. The summed E-state index contributed by atoms with van der Waals surface area (Å²) in [6.45, 7) is 6.03. The second-order valence-corrected chi connectivity index (χ2v) is 5.71. The Morgan fingerprint density at radius 1 is 1.27 bits per heavy atom. The first kappa shape index (κ1) is 13.6. The summed E-state index contributed by atoms with van der Waals surface area (Å²) < 4.78 is 0. The van der Waals surface area contributed by atoms with Gasteiger partial charge in [-0.1, -0.05) is 6.92 Å². The van der Waals surface area contributed by atoms with Crippen molar-refractivity contribution in [1.29, 1.82) is 0 Å². The predicted molar refractivity (Wildman–Crippen MR) is 71.2 cm³/mol. The summed E-state index contributed by atoms with van der Waals surface area (Å²) in [7, 11) is 0. The number of thioether (sulfide) groups is 1. The minimum absolute atomic E-state index is 0. The van der Waals surface area contributed by atoms with Gasteiger partial charge in [-0.05, 0) is 31.6 Å². The van der Waals surface area contributed by atoms with E-state index in [9.17, 15) is 0 Å². The van der Waals surface area contributed by atoms with Crippen LogP contribution in [0, 0.1) is 0 Å². The lowest BCUT2D eigenvalue weighted by Gasteiger charge is -2.28. The fourth-order valence-corrected chi connectivity index (χ4v) is 2.93. The van der Waals surface area contributed by atoms with Crippen molar-refractivity contribution in [1.82, 2.24) is 10.2 Å². The van der Waals surface area contributed by atoms with Gasteiger partial charge in [0.2, 0.25) is 0 Å². The van der Waals surface area contributed by atoms with Crippen molar-refractivity contribution in [3.8, 4) is 0 Å². The van der Waals surface area contributed by atoms with Gasteiger partial charge in [0.05, 0.1) is 0 Å². The molecule has 2 nitrogen and oxygen atoms in total. The Hall–Kier alpha value is 0.560. The highest BCUT2D eigenvalue weighted by Crippen LogP contribution is 2.30. The van der Waals surface area contributed by atoms with Crippen molar-refractivity contribution in [2.24, 2.45) is 0 Å². The molecular formula is C11H23ClN2S. The maximum atomic E-state index is 3.48. The van der Waals surface area contributed by atoms with Crippen LogP contribution in [0.3, 0.4) is 0 Å². The average molecular weight is 251 g/mol. The Morgan fingerprint density at radius 2 is 2.07 bits per heavy atom. The lowest BCUT2D eigenvalue weighted by atomic mass is 10.2. The van der Waals surface area contributed by atoms with Crippen molar-refractivity contribution in [2.45, 2.75) is 38.3 Å². The molecule has 1 unspecified atom stereocenters. The molecule has 4 heteroatoms. The Balaban J connectivity index is 0.00000112. The summed E-state index contributed by atoms with van der Waals surface area (Å²) in [5.41, 5.74) is 0. The van der Waals surface area contributed by atoms with Crippen molar-refractivity contribution < 1.29 is 0 Å².